The zero-order valence-electron chi connectivity index (χ0n) is 25.8. The zero-order chi connectivity index (χ0) is 32.2. The third-order valence-corrected chi connectivity index (χ3v) is 10.2. The number of ether oxygens (including phenoxy) is 2. The largest absolute Gasteiger partial charge is 0.505 e. The van der Waals surface area contributed by atoms with Crippen LogP contribution in [0.1, 0.15) is 36.8 Å². The van der Waals surface area contributed by atoms with Crippen LogP contribution >= 0.6 is 23.2 Å². The Morgan fingerprint density at radius 2 is 1.59 bits per heavy atom. The molecule has 0 radical (unpaired) electrons. The minimum atomic E-state index is -1.09. The van der Waals surface area contributed by atoms with Gasteiger partial charge in [-0.25, -0.2) is 9.59 Å². The molecule has 0 aromatic heterocycles. The van der Waals surface area contributed by atoms with Crippen molar-refractivity contribution in [2.75, 3.05) is 64.3 Å². The molecule has 3 fully saturated rings. The molecule has 6 rings (SSSR count). The van der Waals surface area contributed by atoms with Gasteiger partial charge in [0.1, 0.15) is 0 Å². The van der Waals surface area contributed by atoms with E-state index >= 15 is 0 Å². The number of rotatable bonds is 6. The van der Waals surface area contributed by atoms with Crippen molar-refractivity contribution in [2.24, 2.45) is 0 Å². The number of hydrogen-bond donors (Lipinski definition) is 2. The third kappa shape index (κ3) is 7.48. The van der Waals surface area contributed by atoms with E-state index in [9.17, 15) is 19.5 Å². The van der Waals surface area contributed by atoms with Gasteiger partial charge in [-0.3, -0.25) is 9.69 Å². The molecular formula is C33H41Cl2N5O6. The van der Waals surface area contributed by atoms with Crippen molar-refractivity contribution in [3.8, 4) is 5.75 Å². The van der Waals surface area contributed by atoms with Gasteiger partial charge in [0.05, 0.1) is 10.0 Å². The highest BCUT2D eigenvalue weighted by molar-refractivity contribution is 6.37. The molecule has 3 saturated heterocycles. The van der Waals surface area contributed by atoms with Crippen molar-refractivity contribution in [1.29, 1.82) is 0 Å². The lowest BCUT2D eigenvalue weighted by Gasteiger charge is -2.41. The molecule has 4 aliphatic rings. The monoisotopic (exact) mass is 673 g/mol. The SMILES string of the molecule is O=C(OC(Cc1cc(Cl)c(O)c(Cl)c1)C(=O)N1CCN(C2CCOCC2)CC1)N1CCC(N2CCc3ccccc3NC2=O)CC1. The Kier molecular flexibility index (Phi) is 10.4. The second kappa shape index (κ2) is 14.7. The summed E-state index contributed by atoms with van der Waals surface area (Å²) < 4.78 is 11.5. The lowest BCUT2D eigenvalue weighted by molar-refractivity contribution is -0.143. The van der Waals surface area contributed by atoms with Crippen molar-refractivity contribution < 1.29 is 29.0 Å². The summed E-state index contributed by atoms with van der Waals surface area (Å²) in [6.07, 6.45) is 2.36. The number of nitrogens with zero attached hydrogens (tertiary/aromatic N) is 4. The number of aromatic hydroxyl groups is 1. The first-order valence-electron chi connectivity index (χ1n) is 16.2. The van der Waals surface area contributed by atoms with Gasteiger partial charge in [-0.05, 0) is 61.4 Å². The number of para-hydroxylation sites is 1. The number of anilines is 1. The number of likely N-dealkylation sites (tertiary alicyclic amines) is 1. The molecule has 2 N–H and O–H groups in total. The summed E-state index contributed by atoms with van der Waals surface area (Å²) in [4.78, 5) is 48.1. The molecule has 13 heteroatoms. The first-order valence-corrected chi connectivity index (χ1v) is 16.9. The molecule has 2 aromatic carbocycles. The summed E-state index contributed by atoms with van der Waals surface area (Å²) in [6, 6.07) is 11.2. The number of halogens is 2. The number of phenolic OH excluding ortho intramolecular Hbond substituents is 1. The number of benzene rings is 2. The maximum Gasteiger partial charge on any atom is 0.410 e. The molecule has 4 heterocycles. The number of hydrogen-bond acceptors (Lipinski definition) is 7. The van der Waals surface area contributed by atoms with Gasteiger partial charge >= 0.3 is 12.1 Å². The molecule has 0 saturated carbocycles. The average Bonchev–Trinajstić information content (AvgIpc) is 3.25. The second-order valence-electron chi connectivity index (χ2n) is 12.4. The molecule has 2 aromatic rings. The van der Waals surface area contributed by atoms with Crippen molar-refractivity contribution in [3.63, 3.8) is 0 Å². The summed E-state index contributed by atoms with van der Waals surface area (Å²) in [5.74, 6) is -0.503. The maximum atomic E-state index is 13.9. The molecule has 1 atom stereocenters. The fourth-order valence-corrected chi connectivity index (χ4v) is 7.52. The number of piperidine rings is 1. The predicted molar refractivity (Wildman–Crippen MR) is 175 cm³/mol. The summed E-state index contributed by atoms with van der Waals surface area (Å²) in [5.41, 5.74) is 2.52. The lowest BCUT2D eigenvalue weighted by atomic mass is 10.0. The van der Waals surface area contributed by atoms with E-state index < -0.39 is 12.2 Å². The minimum Gasteiger partial charge on any atom is -0.505 e. The van der Waals surface area contributed by atoms with Crippen molar-refractivity contribution in [3.05, 3.63) is 57.6 Å². The van der Waals surface area contributed by atoms with Crippen LogP contribution in [0.15, 0.2) is 36.4 Å². The molecule has 4 amide bonds. The molecule has 0 bridgehead atoms. The van der Waals surface area contributed by atoms with Crippen LogP contribution in [0, 0.1) is 0 Å². The van der Waals surface area contributed by atoms with Gasteiger partial charge < -0.3 is 34.6 Å². The van der Waals surface area contributed by atoms with Gasteiger partial charge in [0.25, 0.3) is 5.91 Å². The van der Waals surface area contributed by atoms with Gasteiger partial charge in [-0.1, -0.05) is 41.4 Å². The number of carbonyl (C=O) groups is 3. The predicted octanol–water partition coefficient (Wildman–Crippen LogP) is 4.62. The van der Waals surface area contributed by atoms with Crippen LogP contribution in [-0.2, 0) is 27.1 Å². The van der Waals surface area contributed by atoms with Crippen LogP contribution in [0.2, 0.25) is 10.0 Å². The summed E-state index contributed by atoms with van der Waals surface area (Å²) in [7, 11) is 0. The number of carbonyl (C=O) groups excluding carboxylic acids is 3. The summed E-state index contributed by atoms with van der Waals surface area (Å²) in [5, 5.41) is 13.2. The standard InChI is InChI=1S/C33H41Cl2N5O6/c34-26-19-22(20-27(35)30(26)41)21-29(31(42)38-15-13-37(14-16-38)24-8-17-45-18-9-24)46-33(44)39-10-6-25(7-11-39)40-12-5-23-3-1-2-4-28(23)36-32(40)43/h1-4,19-20,24-25,29,41H,5-18,21H2,(H,36,43). The van der Waals surface area contributed by atoms with E-state index in [2.05, 4.69) is 10.2 Å². The Balaban J connectivity index is 1.09. The van der Waals surface area contributed by atoms with Gasteiger partial charge in [0.2, 0.25) is 0 Å². The molecular weight excluding hydrogens is 633 g/mol. The summed E-state index contributed by atoms with van der Waals surface area (Å²) in [6.45, 7) is 5.50. The number of urea groups is 1. The lowest BCUT2D eigenvalue weighted by Crippen LogP contribution is -2.56. The summed E-state index contributed by atoms with van der Waals surface area (Å²) >= 11 is 12.4. The molecule has 46 heavy (non-hydrogen) atoms. The van der Waals surface area contributed by atoms with Crippen LogP contribution < -0.4 is 5.32 Å². The highest BCUT2D eigenvalue weighted by Gasteiger charge is 2.36. The Morgan fingerprint density at radius 1 is 0.913 bits per heavy atom. The molecule has 0 aliphatic carbocycles. The van der Waals surface area contributed by atoms with Crippen LogP contribution in [0.5, 0.6) is 5.75 Å². The molecule has 4 aliphatic heterocycles. The van der Waals surface area contributed by atoms with Gasteiger partial charge in [-0.15, -0.1) is 0 Å². The maximum absolute atomic E-state index is 13.9. The van der Waals surface area contributed by atoms with Crippen molar-refractivity contribution in [1.82, 2.24) is 19.6 Å². The van der Waals surface area contributed by atoms with E-state index in [0.29, 0.717) is 57.2 Å². The van der Waals surface area contributed by atoms with Crippen LogP contribution in [0.25, 0.3) is 0 Å². The smallest absolute Gasteiger partial charge is 0.410 e. The fourth-order valence-electron chi connectivity index (χ4n) is 6.99. The van der Waals surface area contributed by atoms with E-state index in [-0.39, 0.29) is 40.2 Å². The van der Waals surface area contributed by atoms with Crippen molar-refractivity contribution >= 4 is 46.9 Å². The number of phenols is 1. The normalized spacial score (nSPS) is 20.9. The molecule has 248 valence electrons. The second-order valence-corrected chi connectivity index (χ2v) is 13.3. The Hall–Kier alpha value is -3.25. The van der Waals surface area contributed by atoms with Crippen LogP contribution in [0.4, 0.5) is 15.3 Å². The fraction of sp³-hybridized carbons (Fsp3) is 0.545. The van der Waals surface area contributed by atoms with Gasteiger partial charge in [0, 0.05) is 83.2 Å². The van der Waals surface area contributed by atoms with E-state index in [1.165, 1.54) is 12.1 Å². The van der Waals surface area contributed by atoms with Crippen LogP contribution in [-0.4, -0.2) is 120 Å². The molecule has 1 unspecified atom stereocenters. The number of nitrogens with one attached hydrogen (secondary N) is 1. The van der Waals surface area contributed by atoms with E-state index in [1.807, 2.05) is 29.2 Å². The third-order valence-electron chi connectivity index (χ3n) is 9.65. The quantitative estimate of drug-likeness (QED) is 0.460. The highest BCUT2D eigenvalue weighted by Crippen LogP contribution is 2.33. The van der Waals surface area contributed by atoms with E-state index in [1.54, 1.807) is 9.80 Å². The first-order chi connectivity index (χ1) is 22.3. The highest BCUT2D eigenvalue weighted by atomic mass is 35.5. The zero-order valence-corrected chi connectivity index (χ0v) is 27.3. The Labute approximate surface area is 279 Å². The topological polar surface area (TPSA) is 115 Å². The Morgan fingerprint density at radius 3 is 2.28 bits per heavy atom. The number of fused-ring (bicyclic) bond motifs is 1. The van der Waals surface area contributed by atoms with Crippen LogP contribution in [0.3, 0.4) is 0 Å². The number of amides is 4. The average molecular weight is 675 g/mol. The van der Waals surface area contributed by atoms with Gasteiger partial charge in [0.15, 0.2) is 11.9 Å². The number of piperazine rings is 1. The first kappa shape index (κ1) is 32.7. The minimum absolute atomic E-state index is 0.0101. The van der Waals surface area contributed by atoms with Gasteiger partial charge in [-0.2, -0.15) is 0 Å². The molecule has 11 nitrogen and oxygen atoms in total. The van der Waals surface area contributed by atoms with E-state index in [4.69, 9.17) is 32.7 Å². The van der Waals surface area contributed by atoms with E-state index in [0.717, 1.165) is 56.8 Å². The Bertz CT molecular complexity index is 1400. The molecule has 0 spiro atoms. The van der Waals surface area contributed by atoms with Crippen molar-refractivity contribution in [2.45, 2.75) is 56.7 Å².